The van der Waals surface area contributed by atoms with E-state index in [1.807, 2.05) is 36.4 Å². The van der Waals surface area contributed by atoms with Crippen LogP contribution in [0.25, 0.3) is 0 Å². The molecule has 0 saturated carbocycles. The Morgan fingerprint density at radius 2 is 1.78 bits per heavy atom. The van der Waals surface area contributed by atoms with E-state index in [2.05, 4.69) is 37.6 Å². The molecule has 0 saturated heterocycles. The Bertz CT molecular complexity index is 920. The molecule has 1 aromatic rings. The molecular weight excluding hydrogens is 480 g/mol. The van der Waals surface area contributed by atoms with Crippen LogP contribution in [0.5, 0.6) is 0 Å². The number of benzene rings is 1. The molecule has 1 unspecified atom stereocenters. The molecule has 0 bridgehead atoms. The number of unbranched alkanes of at least 4 members (excludes halogenated alkanes) is 1. The summed E-state index contributed by atoms with van der Waals surface area (Å²) < 4.78 is 25.1. The SMILES string of the molecule is C=CCCC[C@H](CC(CC)CCC)NC(=O)CCNC(=C)[C@H](Cc1ccccc1)CS(=O)(=O)C(C)(C)C. The zero-order chi connectivity index (χ0) is 27.9. The monoisotopic (exact) mass is 532 g/mol. The van der Waals surface area contributed by atoms with Crippen molar-refractivity contribution in [2.45, 2.75) is 103 Å². The summed E-state index contributed by atoms with van der Waals surface area (Å²) in [6.45, 7) is 18.1. The minimum Gasteiger partial charge on any atom is -0.388 e. The van der Waals surface area contributed by atoms with Gasteiger partial charge in [-0.2, -0.15) is 0 Å². The minimum atomic E-state index is -3.34. The van der Waals surface area contributed by atoms with Gasteiger partial charge in [0.1, 0.15) is 0 Å². The quantitative estimate of drug-likeness (QED) is 0.155. The Morgan fingerprint density at radius 3 is 2.35 bits per heavy atom. The van der Waals surface area contributed by atoms with Gasteiger partial charge in [-0.15, -0.1) is 6.58 Å². The zero-order valence-corrected chi connectivity index (χ0v) is 24.8. The van der Waals surface area contributed by atoms with Crippen molar-refractivity contribution >= 4 is 15.7 Å². The van der Waals surface area contributed by atoms with Crippen molar-refractivity contribution in [1.82, 2.24) is 10.6 Å². The van der Waals surface area contributed by atoms with Crippen LogP contribution in [0, 0.1) is 11.8 Å². The molecule has 37 heavy (non-hydrogen) atoms. The maximum Gasteiger partial charge on any atom is 0.221 e. The summed E-state index contributed by atoms with van der Waals surface area (Å²) in [7, 11) is -3.34. The fraction of sp³-hybridized carbons (Fsp3) is 0.645. The summed E-state index contributed by atoms with van der Waals surface area (Å²) in [5.74, 6) is 0.392. The summed E-state index contributed by atoms with van der Waals surface area (Å²) in [5, 5.41) is 6.53. The smallest absolute Gasteiger partial charge is 0.221 e. The summed E-state index contributed by atoms with van der Waals surface area (Å²) >= 11 is 0. The van der Waals surface area contributed by atoms with E-state index in [0.29, 0.717) is 31.0 Å². The van der Waals surface area contributed by atoms with Crippen LogP contribution in [0.4, 0.5) is 0 Å². The van der Waals surface area contributed by atoms with Crippen molar-refractivity contribution in [2.75, 3.05) is 12.3 Å². The molecule has 0 aromatic heterocycles. The zero-order valence-electron chi connectivity index (χ0n) is 24.0. The van der Waals surface area contributed by atoms with Crippen LogP contribution in [0.1, 0.15) is 91.5 Å². The molecule has 1 amide bonds. The molecular formula is C31H52N2O3S. The summed E-state index contributed by atoms with van der Waals surface area (Å²) in [4.78, 5) is 12.8. The summed E-state index contributed by atoms with van der Waals surface area (Å²) in [6.07, 6.45) is 10.3. The predicted molar refractivity (Wildman–Crippen MR) is 158 cm³/mol. The van der Waals surface area contributed by atoms with Crippen LogP contribution in [0.15, 0.2) is 55.3 Å². The largest absolute Gasteiger partial charge is 0.388 e. The number of hydrogen-bond donors (Lipinski definition) is 2. The average Bonchev–Trinajstić information content (AvgIpc) is 2.83. The lowest BCUT2D eigenvalue weighted by Crippen LogP contribution is -2.39. The van der Waals surface area contributed by atoms with Crippen molar-refractivity contribution in [3.8, 4) is 0 Å². The lowest BCUT2D eigenvalue weighted by molar-refractivity contribution is -0.121. The van der Waals surface area contributed by atoms with Crippen LogP contribution in [-0.2, 0) is 21.1 Å². The number of rotatable bonds is 19. The first-order valence-electron chi connectivity index (χ1n) is 14.0. The topological polar surface area (TPSA) is 75.3 Å². The number of carbonyl (C=O) groups is 1. The van der Waals surface area contributed by atoms with Crippen LogP contribution < -0.4 is 10.6 Å². The fourth-order valence-corrected chi connectivity index (χ4v) is 5.88. The molecule has 0 heterocycles. The van der Waals surface area contributed by atoms with Gasteiger partial charge in [-0.3, -0.25) is 4.79 Å². The lowest BCUT2D eigenvalue weighted by Gasteiger charge is -2.26. The first kappa shape index (κ1) is 32.9. The van der Waals surface area contributed by atoms with Crippen molar-refractivity contribution in [3.63, 3.8) is 0 Å². The molecule has 2 N–H and O–H groups in total. The van der Waals surface area contributed by atoms with Crippen LogP contribution >= 0.6 is 0 Å². The molecule has 1 rings (SSSR count). The Balaban J connectivity index is 2.76. The normalized spacial score (nSPS) is 14.4. The van der Waals surface area contributed by atoms with E-state index in [-0.39, 0.29) is 23.6 Å². The van der Waals surface area contributed by atoms with Crippen LogP contribution in [-0.4, -0.2) is 37.4 Å². The van der Waals surface area contributed by atoms with Gasteiger partial charge in [0.25, 0.3) is 0 Å². The summed E-state index contributed by atoms with van der Waals surface area (Å²) in [5.41, 5.74) is 1.73. The van der Waals surface area contributed by atoms with Crippen LogP contribution in [0.2, 0.25) is 0 Å². The van der Waals surface area contributed by atoms with E-state index >= 15 is 0 Å². The van der Waals surface area contributed by atoms with Crippen LogP contribution in [0.3, 0.4) is 0 Å². The molecule has 5 nitrogen and oxygen atoms in total. The van der Waals surface area contributed by atoms with E-state index < -0.39 is 14.6 Å². The van der Waals surface area contributed by atoms with Gasteiger partial charge in [0, 0.05) is 30.6 Å². The third-order valence-electron chi connectivity index (χ3n) is 7.09. The first-order valence-corrected chi connectivity index (χ1v) is 15.7. The molecule has 1 aromatic carbocycles. The fourth-order valence-electron chi connectivity index (χ4n) is 4.53. The standard InChI is InChI=1S/C31H52N2O3S/c1-8-11-13-19-29(23-26(10-3)16-9-2)33-30(34)20-21-32-25(4)28(22-27-17-14-12-15-18-27)24-37(35,36)31(5,6)7/h8,12,14-15,17-18,26,28-29,32H,1,4,9-11,13,16,19-24H2,2-3,5-7H3,(H,33,34)/t26?,28-,29-/m1/s1. The second-order valence-electron chi connectivity index (χ2n) is 11.3. The van der Waals surface area contributed by atoms with E-state index in [0.717, 1.165) is 44.1 Å². The van der Waals surface area contributed by atoms with Gasteiger partial charge in [0.2, 0.25) is 5.91 Å². The highest BCUT2D eigenvalue weighted by molar-refractivity contribution is 7.92. The maximum atomic E-state index is 13.0. The van der Waals surface area contributed by atoms with E-state index in [1.165, 1.54) is 6.42 Å². The van der Waals surface area contributed by atoms with Crippen molar-refractivity contribution in [3.05, 3.63) is 60.8 Å². The molecule has 0 radical (unpaired) electrons. The summed E-state index contributed by atoms with van der Waals surface area (Å²) in [6, 6.07) is 10.1. The highest BCUT2D eigenvalue weighted by atomic mass is 32.2. The number of carbonyl (C=O) groups excluding carboxylic acids is 1. The highest BCUT2D eigenvalue weighted by Crippen LogP contribution is 2.24. The van der Waals surface area contributed by atoms with E-state index in [9.17, 15) is 13.2 Å². The number of sulfone groups is 1. The van der Waals surface area contributed by atoms with Crippen molar-refractivity contribution < 1.29 is 13.2 Å². The van der Waals surface area contributed by atoms with Gasteiger partial charge in [0.15, 0.2) is 9.84 Å². The van der Waals surface area contributed by atoms with Gasteiger partial charge in [-0.25, -0.2) is 8.42 Å². The third-order valence-corrected chi connectivity index (χ3v) is 9.80. The number of hydrogen-bond acceptors (Lipinski definition) is 4. The van der Waals surface area contributed by atoms with Crippen molar-refractivity contribution in [2.24, 2.45) is 11.8 Å². The molecule has 3 atom stereocenters. The van der Waals surface area contributed by atoms with Gasteiger partial charge in [-0.05, 0) is 64.4 Å². The van der Waals surface area contributed by atoms with E-state index in [4.69, 9.17) is 0 Å². The van der Waals surface area contributed by atoms with Gasteiger partial charge < -0.3 is 10.6 Å². The predicted octanol–water partition coefficient (Wildman–Crippen LogP) is 6.61. The Kier molecular flexibility index (Phi) is 14.9. The minimum absolute atomic E-state index is 0.0185. The molecule has 0 spiro atoms. The van der Waals surface area contributed by atoms with Gasteiger partial charge >= 0.3 is 0 Å². The number of nitrogens with one attached hydrogen (secondary N) is 2. The second-order valence-corrected chi connectivity index (χ2v) is 14.1. The lowest BCUT2D eigenvalue weighted by atomic mass is 9.90. The maximum absolute atomic E-state index is 13.0. The number of amides is 1. The van der Waals surface area contributed by atoms with Crippen molar-refractivity contribution in [1.29, 1.82) is 0 Å². The number of allylic oxidation sites excluding steroid dienone is 2. The van der Waals surface area contributed by atoms with Gasteiger partial charge in [-0.1, -0.05) is 76.1 Å². The molecule has 0 aliphatic heterocycles. The van der Waals surface area contributed by atoms with E-state index in [1.54, 1.807) is 20.8 Å². The molecule has 6 heteroatoms. The Morgan fingerprint density at radius 1 is 1.11 bits per heavy atom. The molecule has 0 aliphatic rings. The molecule has 210 valence electrons. The average molecular weight is 533 g/mol. The first-order chi connectivity index (χ1) is 17.4. The Hall–Kier alpha value is -2.08. The third kappa shape index (κ3) is 12.8. The Labute approximate surface area is 227 Å². The highest BCUT2D eigenvalue weighted by Gasteiger charge is 2.32. The van der Waals surface area contributed by atoms with Gasteiger partial charge in [0.05, 0.1) is 10.5 Å². The molecule has 0 fully saturated rings. The second kappa shape index (κ2) is 16.7. The molecule has 0 aliphatic carbocycles.